The van der Waals surface area contributed by atoms with E-state index in [-0.39, 0.29) is 30.0 Å². The highest BCUT2D eigenvalue weighted by atomic mass is 16.5. The number of likely N-dealkylation sites (tertiary alicyclic amines) is 1. The number of amides is 1. The highest BCUT2D eigenvalue weighted by Gasteiger charge is 2.28. The lowest BCUT2D eigenvalue weighted by Gasteiger charge is -2.32. The number of ether oxygens (including phenoxy) is 1. The predicted molar refractivity (Wildman–Crippen MR) is 111 cm³/mol. The summed E-state index contributed by atoms with van der Waals surface area (Å²) in [6.45, 7) is 1.13. The van der Waals surface area contributed by atoms with Crippen molar-refractivity contribution in [1.29, 1.82) is 0 Å². The Bertz CT molecular complexity index is 845. The lowest BCUT2D eigenvalue weighted by Crippen LogP contribution is -2.42. The van der Waals surface area contributed by atoms with E-state index < -0.39 is 0 Å². The van der Waals surface area contributed by atoms with Gasteiger partial charge in [-0.25, -0.2) is 0 Å². The van der Waals surface area contributed by atoms with E-state index >= 15 is 0 Å². The van der Waals surface area contributed by atoms with E-state index in [1.807, 2.05) is 54.6 Å². The summed E-state index contributed by atoms with van der Waals surface area (Å²) in [7, 11) is 1.34. The van der Waals surface area contributed by atoms with E-state index in [4.69, 9.17) is 0 Å². The Hall–Kier alpha value is -2.95. The number of carbonyl (C=O) groups is 3. The van der Waals surface area contributed by atoms with E-state index in [9.17, 15) is 14.4 Å². The first kappa shape index (κ1) is 20.8. The molecule has 2 aromatic carbocycles. The summed E-state index contributed by atoms with van der Waals surface area (Å²) in [6.07, 6.45) is 2.64. The molecule has 1 atom stereocenters. The minimum atomic E-state index is -0.302. The van der Waals surface area contributed by atoms with Gasteiger partial charge in [-0.1, -0.05) is 54.6 Å². The number of methoxy groups -OCH3 is 1. The summed E-state index contributed by atoms with van der Waals surface area (Å²) in [4.78, 5) is 38.4. The number of nitrogens with zero attached hydrogens (tertiary/aromatic N) is 1. The summed E-state index contributed by atoms with van der Waals surface area (Å²) in [5.41, 5.74) is 2.88. The smallest absolute Gasteiger partial charge is 0.305 e. The SMILES string of the molecule is COC(=O)CCCC(=O)N1CCC[C@H](C(=O)c2ccc(-c3ccccc3)cc2)C1. The zero-order valence-corrected chi connectivity index (χ0v) is 16.8. The standard InChI is InChI=1S/C24H27NO4/c1-29-23(27)11-5-10-22(26)25-16-6-9-21(17-25)24(28)20-14-12-19(13-15-20)18-7-3-2-4-8-18/h2-4,7-8,12-15,21H,5-6,9-11,16-17H2,1H3/t21-/m0/s1. The number of rotatable bonds is 7. The minimum absolute atomic E-state index is 0.00540. The lowest BCUT2D eigenvalue weighted by molar-refractivity contribution is -0.141. The van der Waals surface area contributed by atoms with Gasteiger partial charge in [0, 0.05) is 37.4 Å². The molecule has 1 aliphatic rings. The molecule has 5 nitrogen and oxygen atoms in total. The van der Waals surface area contributed by atoms with Crippen LogP contribution in [0, 0.1) is 5.92 Å². The van der Waals surface area contributed by atoms with E-state index in [0.29, 0.717) is 31.5 Å². The van der Waals surface area contributed by atoms with Crippen molar-refractivity contribution < 1.29 is 19.1 Å². The summed E-state index contributed by atoms with van der Waals surface area (Å²) in [6, 6.07) is 17.8. The molecule has 0 aliphatic carbocycles. The molecule has 1 saturated heterocycles. The molecule has 1 heterocycles. The third-order valence-electron chi connectivity index (χ3n) is 5.42. The quantitative estimate of drug-likeness (QED) is 0.524. The lowest BCUT2D eigenvalue weighted by atomic mass is 9.89. The third-order valence-corrected chi connectivity index (χ3v) is 5.42. The van der Waals surface area contributed by atoms with Gasteiger partial charge in [0.2, 0.25) is 5.91 Å². The van der Waals surface area contributed by atoms with Crippen molar-refractivity contribution in [3.63, 3.8) is 0 Å². The van der Waals surface area contributed by atoms with Gasteiger partial charge in [-0.2, -0.15) is 0 Å². The normalized spacial score (nSPS) is 16.3. The number of Topliss-reactive ketones (excluding diaryl/α,β-unsaturated/α-hetero) is 1. The van der Waals surface area contributed by atoms with Gasteiger partial charge in [-0.3, -0.25) is 14.4 Å². The van der Waals surface area contributed by atoms with Gasteiger partial charge in [0.1, 0.15) is 0 Å². The van der Waals surface area contributed by atoms with Crippen LogP contribution in [0.1, 0.15) is 42.5 Å². The van der Waals surface area contributed by atoms with Crippen LogP contribution in [-0.4, -0.2) is 42.8 Å². The topological polar surface area (TPSA) is 63.7 Å². The molecule has 0 radical (unpaired) electrons. The van der Waals surface area contributed by atoms with Crippen molar-refractivity contribution >= 4 is 17.7 Å². The molecule has 1 amide bonds. The minimum Gasteiger partial charge on any atom is -0.469 e. The molecule has 0 unspecified atom stereocenters. The zero-order valence-electron chi connectivity index (χ0n) is 16.8. The van der Waals surface area contributed by atoms with Crippen molar-refractivity contribution in [1.82, 2.24) is 4.90 Å². The molecule has 1 aliphatic heterocycles. The maximum Gasteiger partial charge on any atom is 0.305 e. The molecule has 5 heteroatoms. The average Bonchev–Trinajstić information content (AvgIpc) is 2.79. The fourth-order valence-electron chi connectivity index (χ4n) is 3.76. The highest BCUT2D eigenvalue weighted by molar-refractivity contribution is 5.98. The molecule has 0 aromatic heterocycles. The molecule has 1 fully saturated rings. The van der Waals surface area contributed by atoms with Crippen molar-refractivity contribution in [2.75, 3.05) is 20.2 Å². The Labute approximate surface area is 171 Å². The highest BCUT2D eigenvalue weighted by Crippen LogP contribution is 2.24. The van der Waals surface area contributed by atoms with E-state index in [2.05, 4.69) is 4.74 Å². The van der Waals surface area contributed by atoms with Crippen LogP contribution in [-0.2, 0) is 14.3 Å². The zero-order chi connectivity index (χ0) is 20.6. The number of ketones is 1. The first-order valence-electron chi connectivity index (χ1n) is 10.1. The molecule has 0 saturated carbocycles. The maximum atomic E-state index is 13.0. The van der Waals surface area contributed by atoms with Crippen molar-refractivity contribution in [3.05, 3.63) is 60.2 Å². The van der Waals surface area contributed by atoms with Crippen LogP contribution in [0.3, 0.4) is 0 Å². The van der Waals surface area contributed by atoms with E-state index in [0.717, 1.165) is 24.0 Å². The predicted octanol–water partition coefficient (Wildman–Crippen LogP) is 4.12. The van der Waals surface area contributed by atoms with Gasteiger partial charge in [0.05, 0.1) is 7.11 Å². The second kappa shape index (κ2) is 10.0. The van der Waals surface area contributed by atoms with Crippen molar-refractivity contribution in [2.24, 2.45) is 5.92 Å². The molecular weight excluding hydrogens is 366 g/mol. The number of esters is 1. The Morgan fingerprint density at radius 3 is 2.34 bits per heavy atom. The first-order valence-corrected chi connectivity index (χ1v) is 10.1. The van der Waals surface area contributed by atoms with Crippen LogP contribution >= 0.6 is 0 Å². The summed E-state index contributed by atoms with van der Waals surface area (Å²) < 4.78 is 4.60. The molecule has 0 N–H and O–H groups in total. The molecule has 29 heavy (non-hydrogen) atoms. The third kappa shape index (κ3) is 5.53. The van der Waals surface area contributed by atoms with Crippen LogP contribution in [0.5, 0.6) is 0 Å². The largest absolute Gasteiger partial charge is 0.469 e. The Balaban J connectivity index is 1.58. The van der Waals surface area contributed by atoms with Crippen LogP contribution in [0.4, 0.5) is 0 Å². The molecule has 152 valence electrons. The summed E-state index contributed by atoms with van der Waals surface area (Å²) in [5, 5.41) is 0. The van der Waals surface area contributed by atoms with Gasteiger partial charge in [-0.05, 0) is 30.4 Å². The molecular formula is C24H27NO4. The maximum absolute atomic E-state index is 13.0. The molecule has 0 bridgehead atoms. The van der Waals surface area contributed by atoms with Crippen LogP contribution in [0.15, 0.2) is 54.6 Å². The van der Waals surface area contributed by atoms with Gasteiger partial charge in [-0.15, -0.1) is 0 Å². The van der Waals surface area contributed by atoms with E-state index in [1.165, 1.54) is 7.11 Å². The number of hydrogen-bond donors (Lipinski definition) is 0. The van der Waals surface area contributed by atoms with Gasteiger partial charge >= 0.3 is 5.97 Å². The Morgan fingerprint density at radius 1 is 0.966 bits per heavy atom. The number of carbonyl (C=O) groups excluding carboxylic acids is 3. The van der Waals surface area contributed by atoms with E-state index in [1.54, 1.807) is 4.90 Å². The van der Waals surface area contributed by atoms with Crippen molar-refractivity contribution in [3.8, 4) is 11.1 Å². The van der Waals surface area contributed by atoms with Gasteiger partial charge in [0.25, 0.3) is 0 Å². The molecule has 0 spiro atoms. The van der Waals surface area contributed by atoms with Crippen LogP contribution < -0.4 is 0 Å². The van der Waals surface area contributed by atoms with Crippen molar-refractivity contribution in [2.45, 2.75) is 32.1 Å². The van der Waals surface area contributed by atoms with Gasteiger partial charge < -0.3 is 9.64 Å². The summed E-state index contributed by atoms with van der Waals surface area (Å²) in [5.74, 6) is -0.373. The number of piperidine rings is 1. The Morgan fingerprint density at radius 2 is 1.66 bits per heavy atom. The number of benzene rings is 2. The monoisotopic (exact) mass is 393 g/mol. The molecule has 2 aromatic rings. The Kier molecular flexibility index (Phi) is 7.17. The first-order chi connectivity index (χ1) is 14.1. The summed E-state index contributed by atoms with van der Waals surface area (Å²) >= 11 is 0. The second-order valence-electron chi connectivity index (χ2n) is 7.42. The van der Waals surface area contributed by atoms with Gasteiger partial charge in [0.15, 0.2) is 5.78 Å². The molecule has 3 rings (SSSR count). The average molecular weight is 393 g/mol. The number of hydrogen-bond acceptors (Lipinski definition) is 4. The van der Waals surface area contributed by atoms with Crippen LogP contribution in [0.2, 0.25) is 0 Å². The fourth-order valence-corrected chi connectivity index (χ4v) is 3.76. The fraction of sp³-hybridized carbons (Fsp3) is 0.375. The second-order valence-corrected chi connectivity index (χ2v) is 7.42. The van der Waals surface area contributed by atoms with Crippen LogP contribution in [0.25, 0.3) is 11.1 Å².